The fourth-order valence-corrected chi connectivity index (χ4v) is 3.16. The Hall–Kier alpha value is -1.38. The number of pyridine rings is 1. The molecule has 18 heavy (non-hydrogen) atoms. The minimum Gasteiger partial charge on any atom is -0.314 e. The molecule has 0 amide bonds. The molecule has 0 aliphatic heterocycles. The molecule has 0 aliphatic rings. The molecule has 4 nitrogen and oxygen atoms in total. The molecule has 0 bridgehead atoms. The Labute approximate surface area is 107 Å². The number of para-hydroxylation sites is 1. The number of rotatable bonds is 5. The van der Waals surface area contributed by atoms with Gasteiger partial charge in [-0.1, -0.05) is 25.1 Å². The third-order valence-electron chi connectivity index (χ3n) is 2.68. The molecule has 0 spiro atoms. The van der Waals surface area contributed by atoms with Crippen LogP contribution in [0.25, 0.3) is 10.9 Å². The molecule has 0 fully saturated rings. The monoisotopic (exact) mass is 264 g/mol. The van der Waals surface area contributed by atoms with E-state index >= 15 is 0 Å². The third-order valence-corrected chi connectivity index (χ3v) is 4.77. The van der Waals surface area contributed by atoms with Crippen LogP contribution < -0.4 is 5.09 Å². The number of anilines is 1. The quantitative estimate of drug-likeness (QED) is 0.832. The predicted octanol–water partition coefficient (Wildman–Crippen LogP) is 3.90. The summed E-state index contributed by atoms with van der Waals surface area (Å²) in [7, 11) is -2.82. The summed E-state index contributed by atoms with van der Waals surface area (Å²) in [6.45, 7) is 4.11. The van der Waals surface area contributed by atoms with Crippen molar-refractivity contribution in [1.82, 2.24) is 4.98 Å². The first-order chi connectivity index (χ1) is 8.68. The van der Waals surface area contributed by atoms with Crippen molar-refractivity contribution >= 4 is 24.1 Å². The minimum atomic E-state index is -2.82. The number of aromatic nitrogens is 1. The molecule has 1 N–H and O–H groups in total. The SMILES string of the molecule is CCOP(=O)(CC)Nc1cccc2cccnc12. The van der Waals surface area contributed by atoms with Gasteiger partial charge in [-0.25, -0.2) is 0 Å². The molecule has 1 atom stereocenters. The second-order valence-electron chi connectivity index (χ2n) is 3.90. The maximum atomic E-state index is 12.4. The topological polar surface area (TPSA) is 51.2 Å². The molecular formula is C13H17N2O2P. The van der Waals surface area contributed by atoms with Gasteiger partial charge in [0.2, 0.25) is 0 Å². The van der Waals surface area contributed by atoms with Crippen molar-refractivity contribution in [2.24, 2.45) is 0 Å². The van der Waals surface area contributed by atoms with Crippen LogP contribution in [0.15, 0.2) is 36.5 Å². The number of fused-ring (bicyclic) bond motifs is 1. The first-order valence-corrected chi connectivity index (χ1v) is 7.85. The Balaban J connectivity index is 2.40. The maximum absolute atomic E-state index is 12.4. The maximum Gasteiger partial charge on any atom is 0.293 e. The molecule has 1 unspecified atom stereocenters. The third kappa shape index (κ3) is 2.71. The molecule has 0 saturated heterocycles. The van der Waals surface area contributed by atoms with Crippen LogP contribution in [0.1, 0.15) is 13.8 Å². The number of hydrogen-bond acceptors (Lipinski definition) is 3. The fourth-order valence-electron chi connectivity index (χ4n) is 1.79. The van der Waals surface area contributed by atoms with Gasteiger partial charge in [-0.15, -0.1) is 0 Å². The highest BCUT2D eigenvalue weighted by Crippen LogP contribution is 2.47. The highest BCUT2D eigenvalue weighted by molar-refractivity contribution is 7.60. The van der Waals surface area contributed by atoms with Gasteiger partial charge in [0.15, 0.2) is 0 Å². The number of nitrogens with zero attached hydrogens (tertiary/aromatic N) is 1. The summed E-state index contributed by atoms with van der Waals surface area (Å²) in [5, 5.41) is 4.04. The van der Waals surface area contributed by atoms with Crippen LogP contribution >= 0.6 is 7.52 Å². The summed E-state index contributed by atoms with van der Waals surface area (Å²) in [4.78, 5) is 4.32. The van der Waals surface area contributed by atoms with Crippen LogP contribution in [0.4, 0.5) is 5.69 Å². The van der Waals surface area contributed by atoms with Crippen molar-refractivity contribution in [2.45, 2.75) is 13.8 Å². The molecule has 0 saturated carbocycles. The second kappa shape index (κ2) is 5.51. The van der Waals surface area contributed by atoms with E-state index in [9.17, 15) is 4.57 Å². The predicted molar refractivity (Wildman–Crippen MR) is 75.1 cm³/mol. The van der Waals surface area contributed by atoms with Gasteiger partial charge in [0.1, 0.15) is 0 Å². The lowest BCUT2D eigenvalue weighted by Crippen LogP contribution is -2.04. The Bertz CT molecular complexity index is 581. The van der Waals surface area contributed by atoms with Crippen LogP contribution in [0.3, 0.4) is 0 Å². The number of benzene rings is 1. The van der Waals surface area contributed by atoms with Gasteiger partial charge in [0.05, 0.1) is 17.8 Å². The van der Waals surface area contributed by atoms with Crippen molar-refractivity contribution in [2.75, 3.05) is 17.9 Å². The molecule has 1 heterocycles. The van der Waals surface area contributed by atoms with Gasteiger partial charge < -0.3 is 9.61 Å². The Morgan fingerprint density at radius 3 is 2.78 bits per heavy atom. The highest BCUT2D eigenvalue weighted by Gasteiger charge is 2.20. The molecule has 2 aromatic rings. The van der Waals surface area contributed by atoms with Crippen LogP contribution in [0.5, 0.6) is 0 Å². The van der Waals surface area contributed by atoms with Gasteiger partial charge in [0.25, 0.3) is 7.52 Å². The van der Waals surface area contributed by atoms with E-state index in [0.717, 1.165) is 16.6 Å². The summed E-state index contributed by atoms with van der Waals surface area (Å²) >= 11 is 0. The molecule has 5 heteroatoms. The zero-order valence-corrected chi connectivity index (χ0v) is 11.5. The van der Waals surface area contributed by atoms with Crippen LogP contribution in [0, 0.1) is 0 Å². The standard InChI is InChI=1S/C13H17N2O2P/c1-3-17-18(16,4-2)15-12-9-5-7-11-8-6-10-14-13(11)12/h5-10H,3-4H2,1-2H3,(H,15,16). The molecule has 0 aliphatic carbocycles. The molecule has 96 valence electrons. The average molecular weight is 264 g/mol. The largest absolute Gasteiger partial charge is 0.314 e. The molecular weight excluding hydrogens is 247 g/mol. The fraction of sp³-hybridized carbons (Fsp3) is 0.308. The van der Waals surface area contributed by atoms with Gasteiger partial charge in [-0.3, -0.25) is 9.55 Å². The van der Waals surface area contributed by atoms with E-state index < -0.39 is 7.52 Å². The zero-order chi connectivity index (χ0) is 13.0. The van der Waals surface area contributed by atoms with Crippen LogP contribution in [-0.4, -0.2) is 17.8 Å². The van der Waals surface area contributed by atoms with Crippen molar-refractivity contribution in [3.05, 3.63) is 36.5 Å². The summed E-state index contributed by atoms with van der Waals surface area (Å²) in [5.41, 5.74) is 1.57. The molecule has 1 aromatic carbocycles. The normalized spacial score (nSPS) is 14.3. The van der Waals surface area contributed by atoms with Gasteiger partial charge in [0, 0.05) is 17.7 Å². The zero-order valence-electron chi connectivity index (χ0n) is 10.6. The average Bonchev–Trinajstić information content (AvgIpc) is 2.39. The van der Waals surface area contributed by atoms with Crippen LogP contribution in [0.2, 0.25) is 0 Å². The summed E-state index contributed by atoms with van der Waals surface area (Å²) in [6.07, 6.45) is 2.18. The second-order valence-corrected chi connectivity index (χ2v) is 6.36. The van der Waals surface area contributed by atoms with Crippen molar-refractivity contribution in [3.8, 4) is 0 Å². The first-order valence-electron chi connectivity index (χ1n) is 6.04. The highest BCUT2D eigenvalue weighted by atomic mass is 31.2. The Morgan fingerprint density at radius 2 is 2.06 bits per heavy atom. The molecule has 2 rings (SSSR count). The van der Waals surface area contributed by atoms with E-state index in [2.05, 4.69) is 10.1 Å². The van der Waals surface area contributed by atoms with Crippen molar-refractivity contribution in [1.29, 1.82) is 0 Å². The van der Waals surface area contributed by atoms with E-state index in [1.165, 1.54) is 0 Å². The smallest absolute Gasteiger partial charge is 0.293 e. The van der Waals surface area contributed by atoms with Crippen molar-refractivity contribution in [3.63, 3.8) is 0 Å². The van der Waals surface area contributed by atoms with Gasteiger partial charge in [-0.2, -0.15) is 0 Å². The lowest BCUT2D eigenvalue weighted by molar-refractivity contribution is 0.338. The minimum absolute atomic E-state index is 0.427. The Kier molecular flexibility index (Phi) is 4.00. The lowest BCUT2D eigenvalue weighted by atomic mass is 10.2. The summed E-state index contributed by atoms with van der Waals surface area (Å²) < 4.78 is 17.8. The van der Waals surface area contributed by atoms with E-state index in [1.807, 2.05) is 44.2 Å². The first kappa shape index (κ1) is 13.1. The van der Waals surface area contributed by atoms with E-state index in [0.29, 0.717) is 12.8 Å². The van der Waals surface area contributed by atoms with Crippen molar-refractivity contribution < 1.29 is 9.09 Å². The molecule has 0 radical (unpaired) electrons. The lowest BCUT2D eigenvalue weighted by Gasteiger charge is -2.19. The van der Waals surface area contributed by atoms with E-state index in [4.69, 9.17) is 4.52 Å². The number of nitrogens with one attached hydrogen (secondary N) is 1. The van der Waals surface area contributed by atoms with E-state index in [-0.39, 0.29) is 0 Å². The number of hydrogen-bond donors (Lipinski definition) is 1. The van der Waals surface area contributed by atoms with E-state index in [1.54, 1.807) is 6.20 Å². The Morgan fingerprint density at radius 1 is 1.28 bits per heavy atom. The van der Waals surface area contributed by atoms with Crippen LogP contribution in [-0.2, 0) is 9.09 Å². The van der Waals surface area contributed by atoms with Gasteiger partial charge in [-0.05, 0) is 19.1 Å². The summed E-state index contributed by atoms with van der Waals surface area (Å²) in [6, 6.07) is 9.62. The molecule has 1 aromatic heterocycles. The summed E-state index contributed by atoms with van der Waals surface area (Å²) in [5.74, 6) is 0. The van der Waals surface area contributed by atoms with Gasteiger partial charge >= 0.3 is 0 Å².